The van der Waals surface area contributed by atoms with Crippen molar-refractivity contribution < 1.29 is 28.6 Å². The Hall–Kier alpha value is -3.73. The summed E-state index contributed by atoms with van der Waals surface area (Å²) in [5.74, 6) is -1.17. The van der Waals surface area contributed by atoms with E-state index >= 15 is 0 Å². The standard InChI is InChI=1S/C30H31BrN4O6/c1-17-32-33-26(41-17)16-40-25-11-10-23(31)22-12-13-35(29(37)20-8-4-5-9-21(20)30(38)39)24(27(22)25)15-34-14-18-6-2-3-7-19(18)28(34)36/h2-3,6-7,10-11,20-21,24H,4-5,8-9,12-16H2,1H3,(H,38,39)/t20?,21-,24-/m1/s1. The second-order valence-electron chi connectivity index (χ2n) is 10.9. The summed E-state index contributed by atoms with van der Waals surface area (Å²) in [7, 11) is 0. The van der Waals surface area contributed by atoms with Gasteiger partial charge in [-0.2, -0.15) is 0 Å². The van der Waals surface area contributed by atoms with Gasteiger partial charge in [-0.15, -0.1) is 10.2 Å². The number of ether oxygens (including phenoxy) is 1. The minimum atomic E-state index is -0.927. The van der Waals surface area contributed by atoms with E-state index in [2.05, 4.69) is 26.1 Å². The predicted octanol–water partition coefficient (Wildman–Crippen LogP) is 4.69. The number of fused-ring (bicyclic) bond motifs is 2. The third kappa shape index (κ3) is 5.23. The largest absolute Gasteiger partial charge is 0.483 e. The fraction of sp³-hybridized carbons (Fsp3) is 0.433. The van der Waals surface area contributed by atoms with Crippen LogP contribution in [0.4, 0.5) is 0 Å². The summed E-state index contributed by atoms with van der Waals surface area (Å²) in [4.78, 5) is 43.3. The van der Waals surface area contributed by atoms with Gasteiger partial charge in [0.1, 0.15) is 5.75 Å². The predicted molar refractivity (Wildman–Crippen MR) is 150 cm³/mol. The summed E-state index contributed by atoms with van der Waals surface area (Å²) in [6, 6.07) is 10.8. The normalized spacial score (nSPS) is 21.9. The van der Waals surface area contributed by atoms with Crippen LogP contribution in [0, 0.1) is 18.8 Å². The average Bonchev–Trinajstić information content (AvgIpc) is 3.54. The Balaban J connectivity index is 1.38. The molecule has 0 saturated heterocycles. The van der Waals surface area contributed by atoms with E-state index in [1.54, 1.807) is 16.7 Å². The number of halogens is 1. The van der Waals surface area contributed by atoms with Gasteiger partial charge in [-0.3, -0.25) is 14.4 Å². The van der Waals surface area contributed by atoms with Crippen LogP contribution in [-0.4, -0.2) is 56.0 Å². The Kier molecular flexibility index (Phi) is 7.54. The van der Waals surface area contributed by atoms with Crippen molar-refractivity contribution in [2.75, 3.05) is 13.1 Å². The molecule has 0 spiro atoms. The first-order valence-corrected chi connectivity index (χ1v) is 14.7. The molecule has 1 aliphatic carbocycles. The molecule has 3 aromatic rings. The third-order valence-corrected chi connectivity index (χ3v) is 9.21. The highest BCUT2D eigenvalue weighted by molar-refractivity contribution is 9.10. The molecule has 0 bridgehead atoms. The zero-order valence-corrected chi connectivity index (χ0v) is 24.3. The number of carboxylic acid groups (broad SMARTS) is 1. The Labute approximate surface area is 245 Å². The van der Waals surface area contributed by atoms with Crippen molar-refractivity contribution in [2.45, 2.75) is 58.2 Å². The molecule has 2 aliphatic heterocycles. The molecule has 2 aromatic carbocycles. The quantitative estimate of drug-likeness (QED) is 0.402. The van der Waals surface area contributed by atoms with Gasteiger partial charge in [0.2, 0.25) is 11.8 Å². The van der Waals surface area contributed by atoms with Crippen molar-refractivity contribution >= 4 is 33.7 Å². The van der Waals surface area contributed by atoms with Crippen molar-refractivity contribution in [3.05, 3.63) is 74.9 Å². The van der Waals surface area contributed by atoms with Gasteiger partial charge in [-0.05, 0) is 48.6 Å². The fourth-order valence-corrected chi connectivity index (χ4v) is 7.04. The second kappa shape index (κ2) is 11.3. The smallest absolute Gasteiger partial charge is 0.307 e. The van der Waals surface area contributed by atoms with Crippen molar-refractivity contribution in [3.8, 4) is 5.75 Å². The SMILES string of the molecule is Cc1nnc(COc2ccc(Br)c3c2[C@@H](CN2Cc4ccccc4C2=O)N(C(=O)C2CCCC[C@H]2C(=O)O)CC3)o1. The fourth-order valence-electron chi connectivity index (χ4n) is 6.50. The molecular weight excluding hydrogens is 592 g/mol. The van der Waals surface area contributed by atoms with Crippen molar-refractivity contribution in [3.63, 3.8) is 0 Å². The highest BCUT2D eigenvalue weighted by Gasteiger charge is 2.44. The molecule has 1 aromatic heterocycles. The number of aromatic nitrogens is 2. The number of aryl methyl sites for hydroxylation is 1. The van der Waals surface area contributed by atoms with Crippen molar-refractivity contribution in [1.82, 2.24) is 20.0 Å². The van der Waals surface area contributed by atoms with E-state index in [0.29, 0.717) is 55.4 Å². The number of carbonyl (C=O) groups excluding carboxylic acids is 2. The molecular formula is C30H31BrN4O6. The lowest BCUT2D eigenvalue weighted by Crippen LogP contribution is -2.50. The molecule has 2 amide bonds. The van der Waals surface area contributed by atoms with E-state index < -0.39 is 23.8 Å². The first-order valence-electron chi connectivity index (χ1n) is 14.0. The van der Waals surface area contributed by atoms with Gasteiger partial charge in [-0.1, -0.05) is 47.0 Å². The van der Waals surface area contributed by atoms with Gasteiger partial charge in [0.25, 0.3) is 11.8 Å². The lowest BCUT2D eigenvalue weighted by molar-refractivity contribution is -0.153. The maximum absolute atomic E-state index is 14.2. The molecule has 1 N–H and O–H groups in total. The third-order valence-electron chi connectivity index (χ3n) is 8.46. The number of amides is 2. The average molecular weight is 624 g/mol. The minimum absolute atomic E-state index is 0.0490. The van der Waals surface area contributed by atoms with Gasteiger partial charge in [0, 0.05) is 42.2 Å². The number of benzene rings is 2. The highest BCUT2D eigenvalue weighted by Crippen LogP contribution is 2.43. The number of aliphatic carboxylic acids is 1. The number of hydrogen-bond donors (Lipinski definition) is 1. The lowest BCUT2D eigenvalue weighted by atomic mass is 9.77. The summed E-state index contributed by atoms with van der Waals surface area (Å²) in [6.45, 7) is 2.86. The molecule has 1 fully saturated rings. The molecule has 1 saturated carbocycles. The number of nitrogens with zero attached hydrogens (tertiary/aromatic N) is 4. The second-order valence-corrected chi connectivity index (χ2v) is 11.8. The molecule has 3 heterocycles. The number of hydrogen-bond acceptors (Lipinski definition) is 7. The monoisotopic (exact) mass is 622 g/mol. The molecule has 10 nitrogen and oxygen atoms in total. The molecule has 3 aliphatic rings. The van der Waals surface area contributed by atoms with Crippen LogP contribution in [0.1, 0.15) is 70.6 Å². The van der Waals surface area contributed by atoms with E-state index in [4.69, 9.17) is 9.15 Å². The summed E-state index contributed by atoms with van der Waals surface area (Å²) >= 11 is 3.69. The molecule has 11 heteroatoms. The van der Waals surface area contributed by atoms with Gasteiger partial charge in [0.15, 0.2) is 6.61 Å². The van der Waals surface area contributed by atoms with Crippen LogP contribution in [0.5, 0.6) is 5.75 Å². The summed E-state index contributed by atoms with van der Waals surface area (Å²) < 4.78 is 12.6. The van der Waals surface area contributed by atoms with Crippen LogP contribution in [0.25, 0.3) is 0 Å². The molecule has 3 atom stereocenters. The van der Waals surface area contributed by atoms with Crippen LogP contribution in [0.15, 0.2) is 45.3 Å². The zero-order valence-electron chi connectivity index (χ0n) is 22.7. The Morgan fingerprint density at radius 1 is 1.12 bits per heavy atom. The van der Waals surface area contributed by atoms with Gasteiger partial charge in [-0.25, -0.2) is 0 Å². The zero-order chi connectivity index (χ0) is 28.7. The summed E-state index contributed by atoms with van der Waals surface area (Å²) in [5, 5.41) is 17.8. The van der Waals surface area contributed by atoms with E-state index in [0.717, 1.165) is 34.0 Å². The molecule has 6 rings (SSSR count). The van der Waals surface area contributed by atoms with Crippen molar-refractivity contribution in [2.24, 2.45) is 11.8 Å². The van der Waals surface area contributed by atoms with Crippen LogP contribution in [-0.2, 0) is 29.2 Å². The summed E-state index contributed by atoms with van der Waals surface area (Å²) in [6.07, 6.45) is 3.21. The topological polar surface area (TPSA) is 126 Å². The first kappa shape index (κ1) is 27.4. The van der Waals surface area contributed by atoms with Gasteiger partial charge >= 0.3 is 5.97 Å². The lowest BCUT2D eigenvalue weighted by Gasteiger charge is -2.43. The Morgan fingerprint density at radius 2 is 1.90 bits per heavy atom. The molecule has 1 unspecified atom stereocenters. The van der Waals surface area contributed by atoms with Crippen LogP contribution < -0.4 is 4.74 Å². The highest BCUT2D eigenvalue weighted by atomic mass is 79.9. The van der Waals surface area contributed by atoms with Gasteiger partial charge in [0.05, 0.1) is 17.9 Å². The number of carboxylic acids is 1. The molecule has 214 valence electrons. The van der Waals surface area contributed by atoms with E-state index in [9.17, 15) is 19.5 Å². The Bertz CT molecular complexity index is 1510. The maximum Gasteiger partial charge on any atom is 0.307 e. The Morgan fingerprint density at radius 3 is 2.63 bits per heavy atom. The van der Waals surface area contributed by atoms with Crippen LogP contribution >= 0.6 is 15.9 Å². The minimum Gasteiger partial charge on any atom is -0.483 e. The van der Waals surface area contributed by atoms with E-state index in [1.807, 2.05) is 36.4 Å². The van der Waals surface area contributed by atoms with Crippen LogP contribution in [0.3, 0.4) is 0 Å². The van der Waals surface area contributed by atoms with Crippen LogP contribution in [0.2, 0.25) is 0 Å². The van der Waals surface area contributed by atoms with Crippen molar-refractivity contribution in [1.29, 1.82) is 0 Å². The first-order chi connectivity index (χ1) is 19.8. The molecule has 0 radical (unpaired) electrons. The maximum atomic E-state index is 14.2. The summed E-state index contributed by atoms with van der Waals surface area (Å²) in [5.41, 5.74) is 3.42. The number of rotatable bonds is 7. The van der Waals surface area contributed by atoms with Gasteiger partial charge < -0.3 is 24.1 Å². The van der Waals surface area contributed by atoms with E-state index in [1.165, 1.54) is 0 Å². The van der Waals surface area contributed by atoms with E-state index in [-0.39, 0.29) is 25.0 Å². The number of carbonyl (C=O) groups is 3. The molecule has 41 heavy (non-hydrogen) atoms.